The molecule has 90 valence electrons. The van der Waals surface area contributed by atoms with Crippen molar-refractivity contribution in [1.82, 2.24) is 15.1 Å². The zero-order valence-electron chi connectivity index (χ0n) is 10.0. The number of nitrogens with zero attached hydrogens (tertiary/aromatic N) is 2. The van der Waals surface area contributed by atoms with Gasteiger partial charge in [-0.05, 0) is 6.92 Å². The van der Waals surface area contributed by atoms with Crippen LogP contribution < -0.4 is 5.32 Å². The molecule has 0 bridgehead atoms. The lowest BCUT2D eigenvalue weighted by molar-refractivity contribution is -0.119. The van der Waals surface area contributed by atoms with Gasteiger partial charge in [0.05, 0.1) is 12.2 Å². The van der Waals surface area contributed by atoms with Crippen molar-refractivity contribution in [2.75, 3.05) is 14.2 Å². The number of hydrogen-bond donors (Lipinski definition) is 1. The van der Waals surface area contributed by atoms with Crippen molar-refractivity contribution in [3.63, 3.8) is 0 Å². The summed E-state index contributed by atoms with van der Waals surface area (Å²) in [6, 6.07) is 0.113. The van der Waals surface area contributed by atoms with Crippen LogP contribution in [0.4, 0.5) is 0 Å². The smallest absolute Gasteiger partial charge is 0.171 e. The van der Waals surface area contributed by atoms with Gasteiger partial charge < -0.3 is 14.8 Å². The Hall–Kier alpha value is -1.17. The largest absolute Gasteiger partial charge is 0.354 e. The maximum atomic E-state index is 5.15. The first-order chi connectivity index (χ1) is 7.71. The summed E-state index contributed by atoms with van der Waals surface area (Å²) in [4.78, 5) is 0. The van der Waals surface area contributed by atoms with Crippen LogP contribution >= 0.6 is 0 Å². The van der Waals surface area contributed by atoms with Gasteiger partial charge in [0.2, 0.25) is 0 Å². The Bertz CT molecular complexity index is 321. The molecule has 5 nitrogen and oxygen atoms in total. The molecule has 0 aliphatic carbocycles. The van der Waals surface area contributed by atoms with Gasteiger partial charge in [0.25, 0.3) is 0 Å². The molecule has 1 aromatic rings. The molecule has 0 saturated carbocycles. The monoisotopic (exact) mass is 225 g/mol. The molecule has 1 atom stereocenters. The average Bonchev–Trinajstić information content (AvgIpc) is 2.76. The van der Waals surface area contributed by atoms with Crippen LogP contribution in [0, 0.1) is 0 Å². The standard InChI is InChI=1S/C11H19N3O2/c1-5-14-8-10(7-13-14)6-12-9(2)11(15-3)16-4/h5,7-9,11-12H,1,6H2,2-4H3. The molecule has 0 aliphatic rings. The Morgan fingerprint density at radius 3 is 2.75 bits per heavy atom. The maximum Gasteiger partial charge on any atom is 0.171 e. The highest BCUT2D eigenvalue weighted by atomic mass is 16.7. The Morgan fingerprint density at radius 1 is 1.56 bits per heavy atom. The van der Waals surface area contributed by atoms with Crippen molar-refractivity contribution >= 4 is 6.20 Å². The van der Waals surface area contributed by atoms with E-state index in [2.05, 4.69) is 17.0 Å². The van der Waals surface area contributed by atoms with E-state index in [1.165, 1.54) is 0 Å². The minimum Gasteiger partial charge on any atom is -0.354 e. The fourth-order valence-corrected chi connectivity index (χ4v) is 1.45. The van der Waals surface area contributed by atoms with Crippen molar-refractivity contribution in [3.8, 4) is 0 Å². The molecule has 1 aromatic heterocycles. The van der Waals surface area contributed by atoms with Gasteiger partial charge in [0.1, 0.15) is 0 Å². The number of hydrogen-bond acceptors (Lipinski definition) is 4. The molecule has 16 heavy (non-hydrogen) atoms. The molecule has 0 spiro atoms. The summed E-state index contributed by atoms with van der Waals surface area (Å²) < 4.78 is 12.0. The summed E-state index contributed by atoms with van der Waals surface area (Å²) >= 11 is 0. The van der Waals surface area contributed by atoms with Crippen LogP contribution in [0.3, 0.4) is 0 Å². The second-order valence-electron chi connectivity index (χ2n) is 3.52. The minimum atomic E-state index is -0.241. The first-order valence-electron chi connectivity index (χ1n) is 5.15. The Kier molecular flexibility index (Phi) is 5.18. The van der Waals surface area contributed by atoms with Gasteiger partial charge in [0.15, 0.2) is 6.29 Å². The highest BCUT2D eigenvalue weighted by Gasteiger charge is 2.14. The Balaban J connectivity index is 2.41. The number of ether oxygens (including phenoxy) is 2. The van der Waals surface area contributed by atoms with Gasteiger partial charge in [-0.25, -0.2) is 4.68 Å². The first-order valence-corrected chi connectivity index (χ1v) is 5.15. The SMILES string of the molecule is C=Cn1cc(CNC(C)C(OC)OC)cn1. The first kappa shape index (κ1) is 12.9. The Labute approximate surface area is 96.0 Å². The highest BCUT2D eigenvalue weighted by Crippen LogP contribution is 2.02. The third-order valence-electron chi connectivity index (χ3n) is 2.34. The fraction of sp³-hybridized carbons (Fsp3) is 0.545. The predicted molar refractivity (Wildman–Crippen MR) is 62.7 cm³/mol. The van der Waals surface area contributed by atoms with E-state index >= 15 is 0 Å². The zero-order chi connectivity index (χ0) is 12.0. The van der Waals surface area contributed by atoms with Crippen molar-refractivity contribution in [3.05, 3.63) is 24.5 Å². The number of nitrogens with one attached hydrogen (secondary N) is 1. The molecular formula is C11H19N3O2. The number of methoxy groups -OCH3 is 2. The van der Waals surface area contributed by atoms with Gasteiger partial charge in [-0.3, -0.25) is 0 Å². The van der Waals surface area contributed by atoms with Crippen molar-refractivity contribution in [1.29, 1.82) is 0 Å². The van der Waals surface area contributed by atoms with Crippen LogP contribution in [-0.2, 0) is 16.0 Å². The van der Waals surface area contributed by atoms with Crippen molar-refractivity contribution in [2.45, 2.75) is 25.8 Å². The van der Waals surface area contributed by atoms with Crippen LogP contribution in [-0.4, -0.2) is 36.3 Å². The van der Waals surface area contributed by atoms with E-state index in [-0.39, 0.29) is 12.3 Å². The van der Waals surface area contributed by atoms with Crippen LogP contribution in [0.5, 0.6) is 0 Å². The molecule has 1 unspecified atom stereocenters. The van der Waals surface area contributed by atoms with Crippen LogP contribution in [0.1, 0.15) is 12.5 Å². The van der Waals surface area contributed by atoms with E-state index in [1.54, 1.807) is 31.3 Å². The third kappa shape index (κ3) is 3.44. The van der Waals surface area contributed by atoms with Gasteiger partial charge in [-0.15, -0.1) is 0 Å². The third-order valence-corrected chi connectivity index (χ3v) is 2.34. The van der Waals surface area contributed by atoms with Crippen LogP contribution in [0.15, 0.2) is 19.0 Å². The summed E-state index contributed by atoms with van der Waals surface area (Å²) in [5.74, 6) is 0. The minimum absolute atomic E-state index is 0.113. The Morgan fingerprint density at radius 2 is 2.25 bits per heavy atom. The molecule has 0 fully saturated rings. The second kappa shape index (κ2) is 6.42. The molecule has 0 radical (unpaired) electrons. The van der Waals surface area contributed by atoms with E-state index in [1.807, 2.05) is 13.1 Å². The molecule has 5 heteroatoms. The quantitative estimate of drug-likeness (QED) is 0.705. The lowest BCUT2D eigenvalue weighted by atomic mass is 10.3. The normalized spacial score (nSPS) is 13.0. The van der Waals surface area contributed by atoms with Gasteiger partial charge in [-0.1, -0.05) is 6.58 Å². The average molecular weight is 225 g/mol. The van der Waals surface area contributed by atoms with E-state index < -0.39 is 0 Å². The number of aromatic nitrogens is 2. The predicted octanol–water partition coefficient (Wildman–Crippen LogP) is 1.08. The topological polar surface area (TPSA) is 48.3 Å². The molecule has 0 amide bonds. The van der Waals surface area contributed by atoms with E-state index in [0.717, 1.165) is 12.1 Å². The molecule has 1 heterocycles. The molecule has 0 aliphatic heterocycles. The zero-order valence-corrected chi connectivity index (χ0v) is 10.0. The van der Waals surface area contributed by atoms with Gasteiger partial charge >= 0.3 is 0 Å². The van der Waals surface area contributed by atoms with E-state index in [4.69, 9.17) is 9.47 Å². The molecule has 0 aromatic carbocycles. The maximum absolute atomic E-state index is 5.15. The highest BCUT2D eigenvalue weighted by molar-refractivity contribution is 5.17. The molecular weight excluding hydrogens is 206 g/mol. The second-order valence-corrected chi connectivity index (χ2v) is 3.52. The lowest BCUT2D eigenvalue weighted by Crippen LogP contribution is -2.39. The summed E-state index contributed by atoms with van der Waals surface area (Å²) in [7, 11) is 3.25. The fourth-order valence-electron chi connectivity index (χ4n) is 1.45. The van der Waals surface area contributed by atoms with Crippen molar-refractivity contribution < 1.29 is 9.47 Å². The summed E-state index contributed by atoms with van der Waals surface area (Å²) in [5.41, 5.74) is 1.10. The summed E-state index contributed by atoms with van der Waals surface area (Å²) in [6.07, 6.45) is 5.13. The van der Waals surface area contributed by atoms with E-state index in [0.29, 0.717) is 0 Å². The molecule has 1 rings (SSSR count). The van der Waals surface area contributed by atoms with Crippen LogP contribution in [0.25, 0.3) is 6.20 Å². The summed E-state index contributed by atoms with van der Waals surface area (Å²) in [6.45, 7) is 6.36. The number of rotatable bonds is 7. The van der Waals surface area contributed by atoms with Gasteiger partial charge in [0, 0.05) is 38.7 Å². The van der Waals surface area contributed by atoms with E-state index in [9.17, 15) is 0 Å². The molecule has 0 saturated heterocycles. The summed E-state index contributed by atoms with van der Waals surface area (Å²) in [5, 5.41) is 7.39. The van der Waals surface area contributed by atoms with Crippen LogP contribution in [0.2, 0.25) is 0 Å². The van der Waals surface area contributed by atoms with Gasteiger partial charge in [-0.2, -0.15) is 5.10 Å². The van der Waals surface area contributed by atoms with Crippen molar-refractivity contribution in [2.24, 2.45) is 0 Å². The lowest BCUT2D eigenvalue weighted by Gasteiger charge is -2.21. The molecule has 1 N–H and O–H groups in total.